The first-order valence-electron chi connectivity index (χ1n) is 6.74. The Hall–Kier alpha value is -0.420. The van der Waals surface area contributed by atoms with Crippen molar-refractivity contribution in [2.45, 2.75) is 31.8 Å². The predicted octanol–water partition coefficient (Wildman–Crippen LogP) is 1.97. The smallest absolute Gasteiger partial charge is 0.0510 e. The molecule has 1 aromatic rings. The zero-order valence-corrected chi connectivity index (χ0v) is 12.2. The highest BCUT2D eigenvalue weighted by Gasteiger charge is 2.29. The third-order valence-electron chi connectivity index (χ3n) is 4.05. The van der Waals surface area contributed by atoms with Crippen LogP contribution in [0, 0.1) is 5.92 Å². The van der Waals surface area contributed by atoms with Crippen LogP contribution >= 0.6 is 11.3 Å². The van der Waals surface area contributed by atoms with Gasteiger partial charge in [-0.3, -0.25) is 4.90 Å². The van der Waals surface area contributed by atoms with Gasteiger partial charge in [-0.2, -0.15) is 0 Å². The number of hydrogen-bond donors (Lipinski definition) is 1. The van der Waals surface area contributed by atoms with E-state index in [-0.39, 0.29) is 0 Å². The second-order valence-electron chi connectivity index (χ2n) is 5.22. The fraction of sp³-hybridized carbons (Fsp3) is 0.714. The minimum absolute atomic E-state index is 0.447. The Kier molecular flexibility index (Phi) is 5.18. The standard InChI is InChI=1S/C14H24N2OS/c1-11(8-13-4-3-7-18-13)16(2)14(9-15)12-5-6-17-10-12/h3-4,7,11-12,14H,5-6,8-10,15H2,1-2H3. The number of nitrogens with zero attached hydrogens (tertiary/aromatic N) is 1. The van der Waals surface area contributed by atoms with E-state index in [0.29, 0.717) is 18.0 Å². The molecule has 102 valence electrons. The summed E-state index contributed by atoms with van der Waals surface area (Å²) in [7, 11) is 2.20. The number of rotatable bonds is 6. The van der Waals surface area contributed by atoms with Crippen LogP contribution in [0.5, 0.6) is 0 Å². The fourth-order valence-electron chi connectivity index (χ4n) is 2.74. The summed E-state index contributed by atoms with van der Waals surface area (Å²) in [4.78, 5) is 3.90. The minimum Gasteiger partial charge on any atom is -0.381 e. The lowest BCUT2D eigenvalue weighted by Crippen LogP contribution is -2.48. The summed E-state index contributed by atoms with van der Waals surface area (Å²) >= 11 is 1.84. The zero-order chi connectivity index (χ0) is 13.0. The maximum atomic E-state index is 5.97. The normalized spacial score (nSPS) is 23.4. The number of ether oxygens (including phenoxy) is 1. The van der Waals surface area contributed by atoms with Gasteiger partial charge in [0.1, 0.15) is 0 Å². The molecule has 0 aromatic carbocycles. The summed E-state index contributed by atoms with van der Waals surface area (Å²) in [5.41, 5.74) is 5.97. The van der Waals surface area contributed by atoms with Crippen LogP contribution in [0.3, 0.4) is 0 Å². The average Bonchev–Trinajstić information content (AvgIpc) is 3.02. The molecule has 0 saturated carbocycles. The van der Waals surface area contributed by atoms with E-state index < -0.39 is 0 Å². The Labute approximate surface area is 114 Å². The molecule has 0 aliphatic carbocycles. The maximum Gasteiger partial charge on any atom is 0.0510 e. The lowest BCUT2D eigenvalue weighted by Gasteiger charge is -2.35. The fourth-order valence-corrected chi connectivity index (χ4v) is 3.56. The summed E-state index contributed by atoms with van der Waals surface area (Å²) in [5.74, 6) is 0.603. The Morgan fingerprint density at radius 1 is 1.61 bits per heavy atom. The van der Waals surface area contributed by atoms with E-state index in [1.807, 2.05) is 11.3 Å². The van der Waals surface area contributed by atoms with Crippen molar-refractivity contribution in [3.05, 3.63) is 22.4 Å². The van der Waals surface area contributed by atoms with Gasteiger partial charge in [0.25, 0.3) is 0 Å². The highest BCUT2D eigenvalue weighted by molar-refractivity contribution is 7.09. The molecule has 18 heavy (non-hydrogen) atoms. The van der Waals surface area contributed by atoms with Crippen molar-refractivity contribution in [1.82, 2.24) is 4.90 Å². The number of thiophene rings is 1. The molecule has 3 nitrogen and oxygen atoms in total. The van der Waals surface area contributed by atoms with Crippen LogP contribution in [0.1, 0.15) is 18.2 Å². The molecular formula is C14H24N2OS. The van der Waals surface area contributed by atoms with Gasteiger partial charge in [-0.1, -0.05) is 6.07 Å². The molecule has 0 amide bonds. The van der Waals surface area contributed by atoms with E-state index in [9.17, 15) is 0 Å². The monoisotopic (exact) mass is 268 g/mol. The molecule has 0 bridgehead atoms. The quantitative estimate of drug-likeness (QED) is 0.857. The first-order valence-corrected chi connectivity index (χ1v) is 7.62. The molecule has 2 N–H and O–H groups in total. The van der Waals surface area contributed by atoms with Gasteiger partial charge in [0.15, 0.2) is 0 Å². The second kappa shape index (κ2) is 6.66. The van der Waals surface area contributed by atoms with Crippen LogP contribution in [0.15, 0.2) is 17.5 Å². The molecule has 0 radical (unpaired) electrons. The molecule has 0 spiro atoms. The molecular weight excluding hydrogens is 244 g/mol. The molecule has 1 saturated heterocycles. The third-order valence-corrected chi connectivity index (χ3v) is 4.94. The van der Waals surface area contributed by atoms with Crippen molar-refractivity contribution in [3.63, 3.8) is 0 Å². The lowest BCUT2D eigenvalue weighted by molar-refractivity contribution is 0.115. The zero-order valence-electron chi connectivity index (χ0n) is 11.3. The first-order chi connectivity index (χ1) is 8.72. The van der Waals surface area contributed by atoms with Gasteiger partial charge in [0.2, 0.25) is 0 Å². The average molecular weight is 268 g/mol. The first kappa shape index (κ1) is 14.0. The van der Waals surface area contributed by atoms with Gasteiger partial charge >= 0.3 is 0 Å². The van der Waals surface area contributed by atoms with Gasteiger partial charge in [0.05, 0.1) is 6.61 Å². The second-order valence-corrected chi connectivity index (χ2v) is 6.26. The van der Waals surface area contributed by atoms with Crippen LogP contribution in [0.25, 0.3) is 0 Å². The lowest BCUT2D eigenvalue weighted by atomic mass is 9.96. The van der Waals surface area contributed by atoms with E-state index in [0.717, 1.165) is 32.6 Å². The number of hydrogen-bond acceptors (Lipinski definition) is 4. The van der Waals surface area contributed by atoms with Gasteiger partial charge in [-0.15, -0.1) is 11.3 Å². The van der Waals surface area contributed by atoms with Gasteiger partial charge < -0.3 is 10.5 Å². The molecule has 2 heterocycles. The maximum absolute atomic E-state index is 5.97. The number of nitrogens with two attached hydrogens (primary N) is 1. The van der Waals surface area contributed by atoms with Crippen LogP contribution in [-0.2, 0) is 11.2 Å². The Bertz CT molecular complexity index is 336. The molecule has 1 aliphatic rings. The van der Waals surface area contributed by atoms with Crippen LogP contribution in [0.4, 0.5) is 0 Å². The van der Waals surface area contributed by atoms with E-state index in [4.69, 9.17) is 10.5 Å². The van der Waals surface area contributed by atoms with E-state index in [1.54, 1.807) is 0 Å². The molecule has 2 rings (SSSR count). The summed E-state index contributed by atoms with van der Waals surface area (Å²) in [6.07, 6.45) is 2.26. The van der Waals surface area contributed by atoms with Crippen molar-refractivity contribution in [2.75, 3.05) is 26.8 Å². The Morgan fingerprint density at radius 2 is 2.44 bits per heavy atom. The molecule has 3 atom stereocenters. The van der Waals surface area contributed by atoms with Gasteiger partial charge in [-0.25, -0.2) is 0 Å². The van der Waals surface area contributed by atoms with E-state index >= 15 is 0 Å². The van der Waals surface area contributed by atoms with Gasteiger partial charge in [0, 0.05) is 36.0 Å². The minimum atomic E-state index is 0.447. The Balaban J connectivity index is 1.92. The van der Waals surface area contributed by atoms with Gasteiger partial charge in [-0.05, 0) is 38.3 Å². The molecule has 4 heteroatoms. The van der Waals surface area contributed by atoms with Crippen molar-refractivity contribution < 1.29 is 4.74 Å². The Morgan fingerprint density at radius 3 is 3.00 bits per heavy atom. The van der Waals surface area contributed by atoms with E-state index in [1.165, 1.54) is 4.88 Å². The largest absolute Gasteiger partial charge is 0.381 e. The van der Waals surface area contributed by atoms with Crippen molar-refractivity contribution in [1.29, 1.82) is 0 Å². The summed E-state index contributed by atoms with van der Waals surface area (Å²) in [5, 5.41) is 2.15. The molecule has 1 aromatic heterocycles. The van der Waals surface area contributed by atoms with E-state index in [2.05, 4.69) is 36.4 Å². The van der Waals surface area contributed by atoms with Crippen LogP contribution in [-0.4, -0.2) is 43.8 Å². The summed E-state index contributed by atoms with van der Waals surface area (Å²) in [6.45, 7) is 4.78. The molecule has 3 unspecified atom stereocenters. The van der Waals surface area contributed by atoms with Crippen molar-refractivity contribution >= 4 is 11.3 Å². The molecule has 1 fully saturated rings. The van der Waals surface area contributed by atoms with Crippen molar-refractivity contribution in [2.24, 2.45) is 11.7 Å². The SMILES string of the molecule is CC(Cc1cccs1)N(C)C(CN)C1CCOC1. The summed E-state index contributed by atoms with van der Waals surface area (Å²) in [6, 6.07) is 5.31. The highest BCUT2D eigenvalue weighted by Crippen LogP contribution is 2.23. The summed E-state index contributed by atoms with van der Waals surface area (Å²) < 4.78 is 5.50. The highest BCUT2D eigenvalue weighted by atomic mass is 32.1. The third kappa shape index (κ3) is 3.32. The van der Waals surface area contributed by atoms with Crippen LogP contribution < -0.4 is 5.73 Å². The van der Waals surface area contributed by atoms with Crippen molar-refractivity contribution in [3.8, 4) is 0 Å². The predicted molar refractivity (Wildman–Crippen MR) is 77.0 cm³/mol. The molecule has 1 aliphatic heterocycles. The van der Waals surface area contributed by atoms with Crippen LogP contribution in [0.2, 0.25) is 0 Å². The number of likely N-dealkylation sites (N-methyl/N-ethyl adjacent to an activating group) is 1. The topological polar surface area (TPSA) is 38.5 Å².